The molecular weight excluding hydrogens is 411 g/mol. The maximum absolute atomic E-state index is 13.2. The molecule has 7 nitrogen and oxygen atoms in total. The SMILES string of the molecule is Cc1nn(-c2ccc(F)cc2)c(C)c1OC(=O)Nc1ccc(OCC(C)(C)C)c(C#N)c1. The van der Waals surface area contributed by atoms with Crippen molar-refractivity contribution in [3.8, 4) is 23.3 Å². The van der Waals surface area contributed by atoms with E-state index in [1.165, 1.54) is 18.2 Å². The Morgan fingerprint density at radius 1 is 1.19 bits per heavy atom. The lowest BCUT2D eigenvalue weighted by Crippen LogP contribution is -2.18. The van der Waals surface area contributed by atoms with Gasteiger partial charge in [0, 0.05) is 5.69 Å². The molecular formula is C24H25FN4O3. The lowest BCUT2D eigenvalue weighted by atomic mass is 9.98. The van der Waals surface area contributed by atoms with Gasteiger partial charge in [0.1, 0.15) is 23.3 Å². The molecule has 1 N–H and O–H groups in total. The van der Waals surface area contributed by atoms with E-state index in [1.807, 2.05) is 20.8 Å². The third-order valence-electron chi connectivity index (χ3n) is 4.50. The van der Waals surface area contributed by atoms with Gasteiger partial charge in [0.25, 0.3) is 0 Å². The summed E-state index contributed by atoms with van der Waals surface area (Å²) in [5.41, 5.74) is 2.39. The van der Waals surface area contributed by atoms with E-state index in [-0.39, 0.29) is 11.2 Å². The summed E-state index contributed by atoms with van der Waals surface area (Å²) in [7, 11) is 0. The van der Waals surface area contributed by atoms with E-state index in [0.717, 1.165) is 0 Å². The fourth-order valence-electron chi connectivity index (χ4n) is 2.96. The van der Waals surface area contributed by atoms with E-state index in [0.29, 0.717) is 46.4 Å². The van der Waals surface area contributed by atoms with E-state index in [9.17, 15) is 14.4 Å². The van der Waals surface area contributed by atoms with E-state index in [2.05, 4.69) is 16.5 Å². The van der Waals surface area contributed by atoms with Crippen molar-refractivity contribution in [1.82, 2.24) is 9.78 Å². The monoisotopic (exact) mass is 436 g/mol. The first-order chi connectivity index (χ1) is 15.1. The maximum atomic E-state index is 13.2. The highest BCUT2D eigenvalue weighted by atomic mass is 19.1. The van der Waals surface area contributed by atoms with Crippen LogP contribution in [0.15, 0.2) is 42.5 Å². The highest BCUT2D eigenvalue weighted by Crippen LogP contribution is 2.27. The fraction of sp³-hybridized carbons (Fsp3) is 0.292. The predicted molar refractivity (Wildman–Crippen MR) is 119 cm³/mol. The molecule has 0 aliphatic rings. The summed E-state index contributed by atoms with van der Waals surface area (Å²) < 4.78 is 26.0. The van der Waals surface area contributed by atoms with E-state index in [1.54, 1.807) is 42.8 Å². The smallest absolute Gasteiger partial charge is 0.417 e. The average molecular weight is 436 g/mol. The molecule has 0 fully saturated rings. The van der Waals surface area contributed by atoms with Gasteiger partial charge in [-0.25, -0.2) is 13.9 Å². The van der Waals surface area contributed by atoms with Crippen LogP contribution >= 0.6 is 0 Å². The van der Waals surface area contributed by atoms with Crippen LogP contribution in [0.25, 0.3) is 5.69 Å². The molecule has 0 bridgehead atoms. The van der Waals surface area contributed by atoms with Gasteiger partial charge >= 0.3 is 6.09 Å². The molecule has 0 radical (unpaired) electrons. The van der Waals surface area contributed by atoms with Gasteiger partial charge in [-0.1, -0.05) is 20.8 Å². The van der Waals surface area contributed by atoms with Gasteiger partial charge in [0.05, 0.1) is 23.6 Å². The van der Waals surface area contributed by atoms with Crippen molar-refractivity contribution in [1.29, 1.82) is 5.26 Å². The summed E-state index contributed by atoms with van der Waals surface area (Å²) in [5, 5.41) is 16.4. The molecule has 32 heavy (non-hydrogen) atoms. The molecule has 1 heterocycles. The van der Waals surface area contributed by atoms with E-state index in [4.69, 9.17) is 9.47 Å². The molecule has 0 atom stereocenters. The van der Waals surface area contributed by atoms with Crippen molar-refractivity contribution in [2.24, 2.45) is 5.41 Å². The van der Waals surface area contributed by atoms with Crippen LogP contribution in [0.1, 0.15) is 37.7 Å². The fourth-order valence-corrected chi connectivity index (χ4v) is 2.96. The number of hydrogen-bond donors (Lipinski definition) is 1. The molecule has 1 amide bonds. The van der Waals surface area contributed by atoms with Crippen LogP contribution in [0.5, 0.6) is 11.5 Å². The highest BCUT2D eigenvalue weighted by molar-refractivity contribution is 5.87. The van der Waals surface area contributed by atoms with Crippen LogP contribution in [0.4, 0.5) is 14.9 Å². The summed E-state index contributed by atoms with van der Waals surface area (Å²) in [5.74, 6) is 0.406. The van der Waals surface area contributed by atoms with Crippen LogP contribution < -0.4 is 14.8 Å². The lowest BCUT2D eigenvalue weighted by Gasteiger charge is -2.19. The van der Waals surface area contributed by atoms with Crippen molar-refractivity contribution in [2.45, 2.75) is 34.6 Å². The number of ether oxygens (including phenoxy) is 2. The van der Waals surface area contributed by atoms with Gasteiger partial charge in [-0.05, 0) is 61.7 Å². The molecule has 3 aromatic rings. The third kappa shape index (κ3) is 5.43. The number of nitriles is 1. The van der Waals surface area contributed by atoms with Crippen LogP contribution in [-0.4, -0.2) is 22.5 Å². The second-order valence-electron chi connectivity index (χ2n) is 8.57. The molecule has 8 heteroatoms. The first-order valence-corrected chi connectivity index (χ1v) is 10.1. The largest absolute Gasteiger partial charge is 0.492 e. The van der Waals surface area contributed by atoms with Gasteiger partial charge in [-0.15, -0.1) is 0 Å². The number of nitrogens with zero attached hydrogens (tertiary/aromatic N) is 3. The number of rotatable bonds is 5. The van der Waals surface area contributed by atoms with Gasteiger partial charge in [0.15, 0.2) is 5.75 Å². The van der Waals surface area contributed by atoms with Crippen LogP contribution in [-0.2, 0) is 0 Å². The molecule has 166 valence electrons. The summed E-state index contributed by atoms with van der Waals surface area (Å²) in [6.45, 7) is 10.0. The Balaban J connectivity index is 1.73. The van der Waals surface area contributed by atoms with Crippen LogP contribution in [0, 0.1) is 36.4 Å². The molecule has 3 rings (SSSR count). The minimum atomic E-state index is -0.720. The second kappa shape index (κ2) is 9.10. The van der Waals surface area contributed by atoms with E-state index >= 15 is 0 Å². The zero-order valence-electron chi connectivity index (χ0n) is 18.7. The minimum Gasteiger partial charge on any atom is -0.492 e. The Labute approximate surface area is 186 Å². The normalized spacial score (nSPS) is 11.0. The molecule has 0 unspecified atom stereocenters. The maximum Gasteiger partial charge on any atom is 0.417 e. The lowest BCUT2D eigenvalue weighted by molar-refractivity contribution is 0.197. The van der Waals surface area contributed by atoms with Gasteiger partial charge in [-0.3, -0.25) is 5.32 Å². The van der Waals surface area contributed by atoms with Crippen molar-refractivity contribution in [3.05, 3.63) is 65.2 Å². The number of aromatic nitrogens is 2. The Morgan fingerprint density at radius 2 is 1.88 bits per heavy atom. The van der Waals surface area contributed by atoms with Crippen molar-refractivity contribution < 1.29 is 18.7 Å². The molecule has 0 spiro atoms. The first-order valence-electron chi connectivity index (χ1n) is 10.1. The number of nitrogens with one attached hydrogen (secondary N) is 1. The number of halogens is 1. The zero-order valence-corrected chi connectivity index (χ0v) is 18.7. The number of anilines is 1. The van der Waals surface area contributed by atoms with Crippen LogP contribution in [0.2, 0.25) is 0 Å². The predicted octanol–water partition coefficient (Wildman–Crippen LogP) is 5.54. The molecule has 0 aliphatic carbocycles. The number of benzene rings is 2. The quantitative estimate of drug-likeness (QED) is 0.568. The first kappa shape index (κ1) is 22.8. The van der Waals surface area contributed by atoms with Gasteiger partial charge < -0.3 is 9.47 Å². The zero-order chi connectivity index (χ0) is 23.5. The number of carbonyl (C=O) groups is 1. The number of carbonyl (C=O) groups excluding carboxylic acids is 1. The number of amides is 1. The minimum absolute atomic E-state index is 0.0540. The third-order valence-corrected chi connectivity index (χ3v) is 4.50. The summed E-state index contributed by atoms with van der Waals surface area (Å²) >= 11 is 0. The molecule has 2 aromatic carbocycles. The summed E-state index contributed by atoms with van der Waals surface area (Å²) in [6.07, 6.45) is -0.720. The second-order valence-corrected chi connectivity index (χ2v) is 8.57. The van der Waals surface area contributed by atoms with Gasteiger partial charge in [-0.2, -0.15) is 10.4 Å². The van der Waals surface area contributed by atoms with E-state index < -0.39 is 6.09 Å². The molecule has 1 aromatic heterocycles. The van der Waals surface area contributed by atoms with Crippen molar-refractivity contribution in [2.75, 3.05) is 11.9 Å². The Hall–Kier alpha value is -3.86. The topological polar surface area (TPSA) is 89.2 Å². The standard InChI is InChI=1S/C24H25FN4O3/c1-15-22(16(2)29(28-15)20-9-6-18(25)7-10-20)32-23(30)27-19-8-11-21(17(12-19)13-26)31-14-24(3,4)5/h6-12H,14H2,1-5H3,(H,27,30). The molecule has 0 saturated heterocycles. The number of hydrogen-bond acceptors (Lipinski definition) is 5. The molecule has 0 saturated carbocycles. The highest BCUT2D eigenvalue weighted by Gasteiger charge is 2.18. The number of aryl methyl sites for hydroxylation is 1. The summed E-state index contributed by atoms with van der Waals surface area (Å²) in [6, 6.07) is 12.7. The summed E-state index contributed by atoms with van der Waals surface area (Å²) in [4.78, 5) is 12.5. The Kier molecular flexibility index (Phi) is 6.49. The Morgan fingerprint density at radius 3 is 2.50 bits per heavy atom. The Bertz CT molecular complexity index is 1170. The van der Waals surface area contributed by atoms with Gasteiger partial charge in [0.2, 0.25) is 0 Å². The van der Waals surface area contributed by atoms with Crippen molar-refractivity contribution >= 4 is 11.8 Å². The van der Waals surface area contributed by atoms with Crippen molar-refractivity contribution in [3.63, 3.8) is 0 Å². The van der Waals surface area contributed by atoms with Crippen LogP contribution in [0.3, 0.4) is 0 Å². The molecule has 0 aliphatic heterocycles. The average Bonchev–Trinajstić information content (AvgIpc) is 3.00.